The van der Waals surface area contributed by atoms with Gasteiger partial charge in [0.15, 0.2) is 4.77 Å². The molecule has 6 heteroatoms. The highest BCUT2D eigenvalue weighted by Gasteiger charge is 2.17. The van der Waals surface area contributed by atoms with Crippen LogP contribution in [0.15, 0.2) is 17.5 Å². The van der Waals surface area contributed by atoms with E-state index in [4.69, 9.17) is 17.3 Å². The van der Waals surface area contributed by atoms with E-state index < -0.39 is 5.97 Å². The van der Waals surface area contributed by atoms with Crippen LogP contribution in [0.4, 0.5) is 0 Å². The van der Waals surface area contributed by atoms with Gasteiger partial charge in [-0.1, -0.05) is 6.07 Å². The molecule has 82 valence electrons. The number of hydrogen-bond donors (Lipinski definition) is 2. The van der Waals surface area contributed by atoms with E-state index in [9.17, 15) is 4.79 Å². The second-order valence-corrected chi connectivity index (χ2v) is 4.51. The largest absolute Gasteiger partial charge is 0.478 e. The number of rotatable bonds is 2. The molecular weight excluding hydrogens is 244 g/mol. The minimum absolute atomic E-state index is 0.177. The van der Waals surface area contributed by atoms with Gasteiger partial charge in [-0.15, -0.1) is 11.3 Å². The van der Waals surface area contributed by atoms with Gasteiger partial charge in [-0.05, 0) is 30.6 Å². The monoisotopic (exact) mass is 252 g/mol. The first-order valence-corrected chi connectivity index (χ1v) is 5.76. The smallest absolute Gasteiger partial charge is 0.339 e. The van der Waals surface area contributed by atoms with Crippen molar-refractivity contribution in [2.45, 2.75) is 6.92 Å². The number of hydrogen-bond acceptors (Lipinski definition) is 4. The first-order valence-electron chi connectivity index (χ1n) is 4.47. The summed E-state index contributed by atoms with van der Waals surface area (Å²) in [5, 5.41) is 11.0. The fraction of sp³-hybridized carbons (Fsp3) is 0.100. The van der Waals surface area contributed by atoms with Crippen molar-refractivity contribution in [1.29, 1.82) is 0 Å². The number of nitrogens with one attached hydrogen (secondary N) is 1. The molecule has 0 atom stereocenters. The van der Waals surface area contributed by atoms with E-state index in [1.54, 1.807) is 6.92 Å². The molecule has 0 aliphatic heterocycles. The van der Waals surface area contributed by atoms with Gasteiger partial charge in [-0.3, -0.25) is 0 Å². The van der Waals surface area contributed by atoms with E-state index in [2.05, 4.69) is 9.97 Å². The van der Waals surface area contributed by atoms with Gasteiger partial charge < -0.3 is 10.1 Å². The summed E-state index contributed by atoms with van der Waals surface area (Å²) in [5.74, 6) is -1.00. The van der Waals surface area contributed by atoms with E-state index in [-0.39, 0.29) is 5.56 Å². The Bertz CT molecular complexity index is 587. The van der Waals surface area contributed by atoms with Crippen LogP contribution in [-0.2, 0) is 0 Å². The molecule has 2 rings (SSSR count). The van der Waals surface area contributed by atoms with Gasteiger partial charge in [0.1, 0.15) is 5.56 Å². The van der Waals surface area contributed by atoms with Crippen LogP contribution in [0, 0.1) is 11.7 Å². The van der Waals surface area contributed by atoms with Crippen LogP contribution in [-0.4, -0.2) is 21.0 Å². The molecule has 0 fully saturated rings. The van der Waals surface area contributed by atoms with Crippen molar-refractivity contribution in [2.75, 3.05) is 0 Å². The number of aromatic nitrogens is 2. The number of aryl methyl sites for hydroxylation is 1. The molecule has 0 saturated carbocycles. The molecule has 0 saturated heterocycles. The molecule has 0 amide bonds. The standard InChI is InChI=1S/C10H8N2O2S2/c1-5-7(9(13)14)8(12-10(15)11-5)6-3-2-4-16-6/h2-4H,1H3,(H,13,14)(H,11,12,15). The second kappa shape index (κ2) is 4.15. The SMILES string of the molecule is Cc1[nH]c(=S)nc(-c2cccs2)c1C(=O)O. The molecule has 0 unspecified atom stereocenters. The summed E-state index contributed by atoms with van der Waals surface area (Å²) in [6.07, 6.45) is 0. The molecule has 0 aliphatic rings. The Kier molecular flexibility index (Phi) is 2.84. The second-order valence-electron chi connectivity index (χ2n) is 3.17. The van der Waals surface area contributed by atoms with Gasteiger partial charge in [0.25, 0.3) is 0 Å². The highest BCUT2D eigenvalue weighted by atomic mass is 32.1. The lowest BCUT2D eigenvalue weighted by Gasteiger charge is -2.05. The van der Waals surface area contributed by atoms with Gasteiger partial charge in [0.05, 0.1) is 10.6 Å². The molecule has 0 aliphatic carbocycles. The number of aromatic carboxylic acids is 1. The summed E-state index contributed by atoms with van der Waals surface area (Å²) in [6, 6.07) is 3.68. The zero-order valence-electron chi connectivity index (χ0n) is 8.35. The van der Waals surface area contributed by atoms with Gasteiger partial charge >= 0.3 is 5.97 Å². The van der Waals surface area contributed by atoms with Crippen LogP contribution in [0.3, 0.4) is 0 Å². The zero-order valence-corrected chi connectivity index (χ0v) is 9.98. The van der Waals surface area contributed by atoms with Crippen molar-refractivity contribution in [3.63, 3.8) is 0 Å². The van der Waals surface area contributed by atoms with Crippen molar-refractivity contribution < 1.29 is 9.90 Å². The van der Waals surface area contributed by atoms with Gasteiger partial charge in [0.2, 0.25) is 0 Å². The molecule has 2 aromatic rings. The van der Waals surface area contributed by atoms with Crippen molar-refractivity contribution in [1.82, 2.24) is 9.97 Å². The molecule has 2 heterocycles. The number of aromatic amines is 1. The number of carbonyl (C=O) groups is 1. The lowest BCUT2D eigenvalue weighted by Crippen LogP contribution is -2.06. The third-order valence-electron chi connectivity index (χ3n) is 2.09. The van der Waals surface area contributed by atoms with E-state index in [1.807, 2.05) is 17.5 Å². The summed E-state index contributed by atoms with van der Waals surface area (Å²) in [7, 11) is 0. The highest BCUT2D eigenvalue weighted by molar-refractivity contribution is 7.71. The summed E-state index contributed by atoms with van der Waals surface area (Å²) in [4.78, 5) is 18.8. The summed E-state index contributed by atoms with van der Waals surface area (Å²) >= 11 is 6.39. The van der Waals surface area contributed by atoms with Crippen LogP contribution in [0.25, 0.3) is 10.6 Å². The van der Waals surface area contributed by atoms with Crippen LogP contribution in [0.2, 0.25) is 0 Å². The number of nitrogens with zero attached hydrogens (tertiary/aromatic N) is 1. The third kappa shape index (κ3) is 1.89. The Morgan fingerprint density at radius 3 is 2.94 bits per heavy atom. The van der Waals surface area contributed by atoms with Crippen LogP contribution < -0.4 is 0 Å². The molecule has 0 aromatic carbocycles. The maximum Gasteiger partial charge on any atom is 0.339 e. The molecule has 0 radical (unpaired) electrons. The first kappa shape index (κ1) is 11.0. The minimum atomic E-state index is -1.00. The third-order valence-corrected chi connectivity index (χ3v) is 3.16. The highest BCUT2D eigenvalue weighted by Crippen LogP contribution is 2.27. The predicted molar refractivity (Wildman–Crippen MR) is 64.4 cm³/mol. The fourth-order valence-corrected chi connectivity index (χ4v) is 2.40. The number of thiophene rings is 1. The minimum Gasteiger partial charge on any atom is -0.478 e. The fourth-order valence-electron chi connectivity index (χ4n) is 1.44. The number of carboxylic acid groups (broad SMARTS) is 1. The first-order chi connectivity index (χ1) is 7.59. The zero-order chi connectivity index (χ0) is 11.7. The maximum absolute atomic E-state index is 11.2. The van der Waals surface area contributed by atoms with Crippen LogP contribution >= 0.6 is 23.6 Å². The Morgan fingerprint density at radius 2 is 2.38 bits per heavy atom. The summed E-state index contributed by atoms with van der Waals surface area (Å²) in [6.45, 7) is 1.68. The van der Waals surface area contributed by atoms with Gasteiger partial charge in [-0.25, -0.2) is 9.78 Å². The van der Waals surface area contributed by atoms with Crippen LogP contribution in [0.1, 0.15) is 16.1 Å². The molecule has 0 bridgehead atoms. The predicted octanol–water partition coefficient (Wildman–Crippen LogP) is 2.87. The quantitative estimate of drug-likeness (QED) is 0.806. The lowest BCUT2D eigenvalue weighted by atomic mass is 10.1. The molecule has 0 spiro atoms. The van der Waals surface area contributed by atoms with E-state index >= 15 is 0 Å². The van der Waals surface area contributed by atoms with E-state index in [0.29, 0.717) is 16.2 Å². The van der Waals surface area contributed by atoms with Gasteiger partial charge in [-0.2, -0.15) is 0 Å². The molecule has 16 heavy (non-hydrogen) atoms. The molecule has 2 aromatic heterocycles. The van der Waals surface area contributed by atoms with Crippen molar-refractivity contribution in [2.24, 2.45) is 0 Å². The maximum atomic E-state index is 11.2. The summed E-state index contributed by atoms with van der Waals surface area (Å²) in [5.41, 5.74) is 1.13. The Balaban J connectivity index is 2.77. The topological polar surface area (TPSA) is 66.0 Å². The van der Waals surface area contributed by atoms with Crippen molar-refractivity contribution in [3.05, 3.63) is 33.5 Å². The van der Waals surface area contributed by atoms with E-state index in [0.717, 1.165) is 4.88 Å². The Hall–Kier alpha value is -1.53. The molecular formula is C10H8N2O2S2. The van der Waals surface area contributed by atoms with Crippen LogP contribution in [0.5, 0.6) is 0 Å². The van der Waals surface area contributed by atoms with Crippen molar-refractivity contribution in [3.8, 4) is 10.6 Å². The van der Waals surface area contributed by atoms with Crippen molar-refractivity contribution >= 4 is 29.5 Å². The molecule has 2 N–H and O–H groups in total. The average Bonchev–Trinajstić information content (AvgIpc) is 2.67. The Morgan fingerprint density at radius 1 is 1.62 bits per heavy atom. The van der Waals surface area contributed by atoms with Gasteiger partial charge in [0, 0.05) is 5.69 Å². The normalized spacial score (nSPS) is 10.3. The molecule has 4 nitrogen and oxygen atoms in total. The summed E-state index contributed by atoms with van der Waals surface area (Å²) < 4.78 is 0.297. The number of H-pyrrole nitrogens is 1. The number of carboxylic acids is 1. The van der Waals surface area contributed by atoms with E-state index in [1.165, 1.54) is 11.3 Å². The Labute approximate surface area is 101 Å². The average molecular weight is 252 g/mol. The lowest BCUT2D eigenvalue weighted by molar-refractivity contribution is 0.0696.